The zero-order valence-electron chi connectivity index (χ0n) is 15.1. The van der Waals surface area contributed by atoms with Crippen LogP contribution in [0.1, 0.15) is 26.2 Å². The average molecular weight is 379 g/mol. The van der Waals surface area contributed by atoms with Gasteiger partial charge in [0.1, 0.15) is 6.54 Å². The summed E-state index contributed by atoms with van der Waals surface area (Å²) in [7, 11) is -3.63. The zero-order valence-corrected chi connectivity index (χ0v) is 15.9. The molecule has 0 spiro atoms. The molecule has 2 amide bonds. The molecular weight excluding hydrogens is 354 g/mol. The van der Waals surface area contributed by atoms with Crippen LogP contribution in [0.3, 0.4) is 0 Å². The van der Waals surface area contributed by atoms with Crippen LogP contribution in [-0.2, 0) is 19.6 Å². The Morgan fingerprint density at radius 1 is 1.19 bits per heavy atom. The van der Waals surface area contributed by atoms with Crippen molar-refractivity contribution in [2.75, 3.05) is 19.3 Å². The van der Waals surface area contributed by atoms with E-state index in [9.17, 15) is 18.0 Å². The number of nitrogens with zero attached hydrogens (tertiary/aromatic N) is 3. The van der Waals surface area contributed by atoms with Crippen molar-refractivity contribution in [2.45, 2.75) is 38.3 Å². The van der Waals surface area contributed by atoms with Gasteiger partial charge in [0.2, 0.25) is 21.8 Å². The first kappa shape index (κ1) is 18.7. The van der Waals surface area contributed by atoms with E-state index >= 15 is 0 Å². The fourth-order valence-corrected chi connectivity index (χ4v) is 5.35. The molecule has 0 aliphatic carbocycles. The van der Waals surface area contributed by atoms with Gasteiger partial charge in [-0.05, 0) is 25.0 Å². The minimum atomic E-state index is -3.63. The molecule has 3 heterocycles. The summed E-state index contributed by atoms with van der Waals surface area (Å²) in [6, 6.07) is -0.794. The summed E-state index contributed by atoms with van der Waals surface area (Å²) in [4.78, 5) is 29.1. The summed E-state index contributed by atoms with van der Waals surface area (Å²) in [6.07, 6.45) is 14.0. The Morgan fingerprint density at radius 2 is 1.85 bits per heavy atom. The molecule has 0 aromatic rings. The maximum atomic E-state index is 12.9. The molecule has 3 atom stereocenters. The number of fused-ring (bicyclic) bond motifs is 1. The van der Waals surface area contributed by atoms with E-state index in [1.807, 2.05) is 43.6 Å². The van der Waals surface area contributed by atoms with Crippen LogP contribution in [0.25, 0.3) is 0 Å². The number of hydrogen-bond acceptors (Lipinski definition) is 5. The van der Waals surface area contributed by atoms with Crippen LogP contribution in [0.5, 0.6) is 0 Å². The second-order valence-electron chi connectivity index (χ2n) is 6.97. The maximum absolute atomic E-state index is 12.9. The van der Waals surface area contributed by atoms with Gasteiger partial charge in [0.05, 0.1) is 24.3 Å². The molecule has 0 radical (unpaired) electrons. The third kappa shape index (κ3) is 3.42. The van der Waals surface area contributed by atoms with Gasteiger partial charge >= 0.3 is 0 Å². The van der Waals surface area contributed by atoms with Crippen LogP contribution in [-0.4, -0.2) is 65.8 Å². The Morgan fingerprint density at radius 3 is 2.42 bits per heavy atom. The fraction of sp³-hybridized carbons (Fsp3) is 0.556. The number of sulfonamides is 1. The van der Waals surface area contributed by atoms with E-state index in [1.54, 1.807) is 9.80 Å². The predicted octanol–water partition coefficient (Wildman–Crippen LogP) is 1.07. The van der Waals surface area contributed by atoms with E-state index in [1.165, 1.54) is 0 Å². The molecule has 0 N–H and O–H groups in total. The smallest absolute Gasteiger partial charge is 0.242 e. The van der Waals surface area contributed by atoms with Crippen LogP contribution in [0.2, 0.25) is 0 Å². The largest absolute Gasteiger partial charge is 0.345 e. The standard InChI is InChI=1S/C18H25N3O4S/c1-3-8-14-17-15(21(18(14)23)26(2,24)25)9-12-20(17)16(22)13-19-10-6-4-5-7-11-19/h4-7,10-11,14-15,17H,3,8-9,12-13H2,1-2H3/t14-,15+,17-/m1/s1. The second kappa shape index (κ2) is 7.26. The van der Waals surface area contributed by atoms with E-state index in [2.05, 4.69) is 0 Å². The molecule has 7 nitrogen and oxygen atoms in total. The van der Waals surface area contributed by atoms with E-state index in [0.29, 0.717) is 19.4 Å². The molecule has 0 aromatic heterocycles. The monoisotopic (exact) mass is 379 g/mol. The number of carbonyl (C=O) groups is 2. The summed E-state index contributed by atoms with van der Waals surface area (Å²) in [5.41, 5.74) is 0. The topological polar surface area (TPSA) is 78.0 Å². The summed E-state index contributed by atoms with van der Waals surface area (Å²) in [6.45, 7) is 2.61. The van der Waals surface area contributed by atoms with Crippen molar-refractivity contribution in [3.63, 3.8) is 0 Å². The molecule has 26 heavy (non-hydrogen) atoms. The van der Waals surface area contributed by atoms with Gasteiger partial charge in [-0.25, -0.2) is 12.7 Å². The normalized spacial score (nSPS) is 28.0. The second-order valence-corrected chi connectivity index (χ2v) is 8.83. The lowest BCUT2D eigenvalue weighted by molar-refractivity contribution is -0.134. The minimum absolute atomic E-state index is 0.0852. The summed E-state index contributed by atoms with van der Waals surface area (Å²) in [5, 5.41) is 0. The molecular formula is C18H25N3O4S. The van der Waals surface area contributed by atoms with Crippen molar-refractivity contribution < 1.29 is 18.0 Å². The first-order valence-corrected chi connectivity index (χ1v) is 10.8. The van der Waals surface area contributed by atoms with Crippen molar-refractivity contribution in [3.8, 4) is 0 Å². The van der Waals surface area contributed by atoms with Gasteiger partial charge in [0, 0.05) is 18.9 Å². The van der Waals surface area contributed by atoms with E-state index in [-0.39, 0.29) is 24.4 Å². The van der Waals surface area contributed by atoms with Gasteiger partial charge in [-0.15, -0.1) is 0 Å². The van der Waals surface area contributed by atoms with Gasteiger partial charge in [-0.2, -0.15) is 0 Å². The average Bonchev–Trinajstić information content (AvgIpc) is 2.96. The molecule has 3 rings (SSSR count). The Bertz CT molecular complexity index is 755. The molecule has 142 valence electrons. The first-order chi connectivity index (χ1) is 12.3. The number of hydrogen-bond donors (Lipinski definition) is 0. The van der Waals surface area contributed by atoms with Crippen LogP contribution in [0.15, 0.2) is 36.7 Å². The van der Waals surface area contributed by atoms with Crippen molar-refractivity contribution in [2.24, 2.45) is 5.92 Å². The summed E-state index contributed by atoms with van der Waals surface area (Å²) >= 11 is 0. The van der Waals surface area contributed by atoms with Gasteiger partial charge in [0.25, 0.3) is 0 Å². The van der Waals surface area contributed by atoms with Crippen LogP contribution >= 0.6 is 0 Å². The maximum Gasteiger partial charge on any atom is 0.242 e. The van der Waals surface area contributed by atoms with Gasteiger partial charge in [-0.1, -0.05) is 25.5 Å². The quantitative estimate of drug-likeness (QED) is 0.714. The molecule has 0 bridgehead atoms. The third-order valence-electron chi connectivity index (χ3n) is 5.15. The van der Waals surface area contributed by atoms with E-state index < -0.39 is 22.0 Å². The molecule has 0 unspecified atom stereocenters. The SMILES string of the molecule is CCC[C@H]1C(=O)N(S(C)(=O)=O)[C@H]2CCN(C(=O)CN3C=CC=CC=C3)[C@H]12. The number of likely N-dealkylation sites (tertiary alicyclic amines) is 1. The number of rotatable bonds is 5. The highest BCUT2D eigenvalue weighted by Crippen LogP contribution is 2.40. The summed E-state index contributed by atoms with van der Waals surface area (Å²) < 4.78 is 25.3. The number of carbonyl (C=O) groups excluding carboxylic acids is 2. The highest BCUT2D eigenvalue weighted by molar-refractivity contribution is 7.88. The third-order valence-corrected chi connectivity index (χ3v) is 6.32. The van der Waals surface area contributed by atoms with Crippen molar-refractivity contribution in [3.05, 3.63) is 36.7 Å². The molecule has 2 fully saturated rings. The Kier molecular flexibility index (Phi) is 5.22. The molecule has 0 aromatic carbocycles. The lowest BCUT2D eigenvalue weighted by Crippen LogP contribution is -2.45. The predicted molar refractivity (Wildman–Crippen MR) is 98.1 cm³/mol. The molecule has 0 saturated carbocycles. The highest BCUT2D eigenvalue weighted by atomic mass is 32.2. The van der Waals surface area contributed by atoms with Crippen molar-refractivity contribution in [1.29, 1.82) is 0 Å². The van der Waals surface area contributed by atoms with E-state index in [0.717, 1.165) is 17.0 Å². The Balaban J connectivity index is 1.81. The fourth-order valence-electron chi connectivity index (χ4n) is 4.17. The summed E-state index contributed by atoms with van der Waals surface area (Å²) in [5.74, 6) is -0.887. The van der Waals surface area contributed by atoms with E-state index in [4.69, 9.17) is 0 Å². The molecule has 3 aliphatic rings. The zero-order chi connectivity index (χ0) is 18.9. The number of allylic oxidation sites excluding steroid dienone is 4. The van der Waals surface area contributed by atoms with Crippen LogP contribution in [0, 0.1) is 5.92 Å². The lowest BCUT2D eigenvalue weighted by atomic mass is 9.94. The lowest BCUT2D eigenvalue weighted by Gasteiger charge is -2.29. The molecule has 8 heteroatoms. The van der Waals surface area contributed by atoms with Crippen LogP contribution < -0.4 is 0 Å². The Labute approximate surface area is 154 Å². The van der Waals surface area contributed by atoms with Gasteiger partial charge in [0.15, 0.2) is 0 Å². The first-order valence-electron chi connectivity index (χ1n) is 8.94. The Hall–Kier alpha value is -2.09. The highest BCUT2D eigenvalue weighted by Gasteiger charge is 2.57. The van der Waals surface area contributed by atoms with Gasteiger partial charge < -0.3 is 9.80 Å². The van der Waals surface area contributed by atoms with Gasteiger partial charge in [-0.3, -0.25) is 9.59 Å². The molecule has 2 saturated heterocycles. The minimum Gasteiger partial charge on any atom is -0.345 e. The number of amides is 2. The molecule has 3 aliphatic heterocycles. The van der Waals surface area contributed by atoms with Crippen molar-refractivity contribution in [1.82, 2.24) is 14.1 Å². The van der Waals surface area contributed by atoms with Crippen molar-refractivity contribution >= 4 is 21.8 Å². The van der Waals surface area contributed by atoms with Crippen LogP contribution in [0.4, 0.5) is 0 Å².